The molecule has 84 valence electrons. The Morgan fingerprint density at radius 3 is 2.60 bits per heavy atom. The van der Waals surface area contributed by atoms with E-state index in [1.165, 1.54) is 19.3 Å². The molecule has 0 saturated carbocycles. The Kier molecular flexibility index (Phi) is 5.02. The molecule has 15 heavy (non-hydrogen) atoms. The van der Waals surface area contributed by atoms with Crippen molar-refractivity contribution in [3.05, 3.63) is 23.8 Å². The first-order chi connectivity index (χ1) is 7.26. The minimum absolute atomic E-state index is 0.299. The summed E-state index contributed by atoms with van der Waals surface area (Å²) in [4.78, 5) is 0. The van der Waals surface area contributed by atoms with Crippen LogP contribution in [0.25, 0.3) is 0 Å². The number of phenolic OH excluding ortho intramolecular Hbond substituents is 1. The fourth-order valence-electron chi connectivity index (χ4n) is 1.62. The van der Waals surface area contributed by atoms with Crippen LogP contribution in [-0.4, -0.2) is 11.7 Å². The molecule has 0 radical (unpaired) electrons. The van der Waals surface area contributed by atoms with Gasteiger partial charge in [0.2, 0.25) is 0 Å². The molecule has 0 unspecified atom stereocenters. The van der Waals surface area contributed by atoms with Crippen LogP contribution in [0.2, 0.25) is 0 Å². The van der Waals surface area contributed by atoms with E-state index in [-0.39, 0.29) is 0 Å². The molecular formula is C13H20O2. The number of aryl methyl sites for hydroxylation is 1. The van der Waals surface area contributed by atoms with Gasteiger partial charge in [-0.2, -0.15) is 0 Å². The number of hydrogen-bond acceptors (Lipinski definition) is 2. The van der Waals surface area contributed by atoms with Gasteiger partial charge in [0.1, 0.15) is 11.5 Å². The molecule has 0 aromatic heterocycles. The molecule has 0 heterocycles. The van der Waals surface area contributed by atoms with Gasteiger partial charge in [0.15, 0.2) is 0 Å². The first-order valence-electron chi connectivity index (χ1n) is 5.72. The van der Waals surface area contributed by atoms with E-state index in [2.05, 4.69) is 6.92 Å². The molecule has 1 aromatic carbocycles. The zero-order valence-corrected chi connectivity index (χ0v) is 9.62. The fourth-order valence-corrected chi connectivity index (χ4v) is 1.62. The molecule has 0 spiro atoms. The van der Waals surface area contributed by atoms with Crippen molar-refractivity contribution in [2.24, 2.45) is 0 Å². The van der Waals surface area contributed by atoms with Crippen molar-refractivity contribution in [3.8, 4) is 11.5 Å². The highest BCUT2D eigenvalue weighted by atomic mass is 16.5. The van der Waals surface area contributed by atoms with E-state index in [9.17, 15) is 5.11 Å². The minimum Gasteiger partial charge on any atom is -0.508 e. The Morgan fingerprint density at radius 1 is 1.13 bits per heavy atom. The quantitative estimate of drug-likeness (QED) is 0.725. The van der Waals surface area contributed by atoms with Crippen LogP contribution in [-0.2, 0) is 6.42 Å². The predicted octanol–water partition coefficient (Wildman–Crippen LogP) is 3.52. The van der Waals surface area contributed by atoms with Crippen LogP contribution < -0.4 is 4.74 Å². The number of aromatic hydroxyl groups is 1. The van der Waals surface area contributed by atoms with Crippen LogP contribution in [0.1, 0.15) is 38.7 Å². The lowest BCUT2D eigenvalue weighted by molar-refractivity contribution is 0.337. The largest absolute Gasteiger partial charge is 0.508 e. The first-order valence-corrected chi connectivity index (χ1v) is 5.72. The van der Waals surface area contributed by atoms with Gasteiger partial charge in [0.25, 0.3) is 0 Å². The molecule has 2 heteroatoms. The number of ether oxygens (including phenoxy) is 1. The second kappa shape index (κ2) is 6.33. The lowest BCUT2D eigenvalue weighted by atomic mass is 10.1. The van der Waals surface area contributed by atoms with Crippen LogP contribution >= 0.6 is 0 Å². The molecular weight excluding hydrogens is 188 g/mol. The molecule has 0 atom stereocenters. The van der Waals surface area contributed by atoms with Crippen LogP contribution in [0, 0.1) is 0 Å². The van der Waals surface area contributed by atoms with E-state index in [1.807, 2.05) is 19.1 Å². The van der Waals surface area contributed by atoms with Gasteiger partial charge < -0.3 is 9.84 Å². The summed E-state index contributed by atoms with van der Waals surface area (Å²) >= 11 is 0. The summed E-state index contributed by atoms with van der Waals surface area (Å²) in [6.45, 7) is 4.77. The van der Waals surface area contributed by atoms with Gasteiger partial charge in [-0.15, -0.1) is 0 Å². The molecule has 0 saturated heterocycles. The van der Waals surface area contributed by atoms with Crippen molar-refractivity contribution >= 4 is 0 Å². The van der Waals surface area contributed by atoms with E-state index >= 15 is 0 Å². The van der Waals surface area contributed by atoms with E-state index in [4.69, 9.17) is 4.74 Å². The molecule has 0 aliphatic heterocycles. The summed E-state index contributed by atoms with van der Waals surface area (Å²) in [5.41, 5.74) is 1.16. The minimum atomic E-state index is 0.299. The standard InChI is InChI=1S/C13H20O2/c1-3-5-6-7-11-8-12(14)10-13(9-11)15-4-2/h8-10,14H,3-7H2,1-2H3. The number of rotatable bonds is 6. The zero-order valence-electron chi connectivity index (χ0n) is 9.62. The summed E-state index contributed by atoms with van der Waals surface area (Å²) in [5, 5.41) is 9.50. The summed E-state index contributed by atoms with van der Waals surface area (Å²) in [5.74, 6) is 1.07. The molecule has 2 nitrogen and oxygen atoms in total. The smallest absolute Gasteiger partial charge is 0.123 e. The number of benzene rings is 1. The van der Waals surface area contributed by atoms with Crippen LogP contribution in [0.3, 0.4) is 0 Å². The van der Waals surface area contributed by atoms with E-state index in [0.717, 1.165) is 17.7 Å². The molecule has 0 amide bonds. The highest BCUT2D eigenvalue weighted by Gasteiger charge is 2.00. The second-order valence-corrected chi connectivity index (χ2v) is 3.73. The highest BCUT2D eigenvalue weighted by molar-refractivity contribution is 5.37. The van der Waals surface area contributed by atoms with Crippen LogP contribution in [0.15, 0.2) is 18.2 Å². The molecule has 0 aliphatic carbocycles. The lowest BCUT2D eigenvalue weighted by Crippen LogP contribution is -1.93. The summed E-state index contributed by atoms with van der Waals surface area (Å²) < 4.78 is 5.37. The maximum absolute atomic E-state index is 9.50. The monoisotopic (exact) mass is 208 g/mol. The van der Waals surface area contributed by atoms with Crippen molar-refractivity contribution in [1.82, 2.24) is 0 Å². The van der Waals surface area contributed by atoms with Crippen LogP contribution in [0.5, 0.6) is 11.5 Å². The fraction of sp³-hybridized carbons (Fsp3) is 0.538. The van der Waals surface area contributed by atoms with Crippen molar-refractivity contribution in [2.75, 3.05) is 6.61 Å². The Hall–Kier alpha value is -1.18. The Bertz CT molecular complexity index is 295. The number of phenols is 1. The van der Waals surface area contributed by atoms with Gasteiger partial charge >= 0.3 is 0 Å². The average Bonchev–Trinajstić information content (AvgIpc) is 2.18. The Balaban J connectivity index is 2.62. The normalized spacial score (nSPS) is 10.3. The molecule has 1 aromatic rings. The Morgan fingerprint density at radius 2 is 1.93 bits per heavy atom. The van der Waals surface area contributed by atoms with Gasteiger partial charge in [0, 0.05) is 6.07 Å². The third-order valence-electron chi connectivity index (χ3n) is 2.33. The summed E-state index contributed by atoms with van der Waals surface area (Å²) in [6.07, 6.45) is 4.64. The SMILES string of the molecule is CCCCCc1cc(O)cc(OCC)c1. The molecule has 0 aliphatic rings. The average molecular weight is 208 g/mol. The van der Waals surface area contributed by atoms with E-state index in [0.29, 0.717) is 12.4 Å². The van der Waals surface area contributed by atoms with Crippen molar-refractivity contribution in [1.29, 1.82) is 0 Å². The van der Waals surface area contributed by atoms with Crippen molar-refractivity contribution in [2.45, 2.75) is 39.5 Å². The topological polar surface area (TPSA) is 29.5 Å². The van der Waals surface area contributed by atoms with Crippen molar-refractivity contribution < 1.29 is 9.84 Å². The lowest BCUT2D eigenvalue weighted by Gasteiger charge is -2.07. The van der Waals surface area contributed by atoms with Crippen molar-refractivity contribution in [3.63, 3.8) is 0 Å². The number of hydrogen-bond donors (Lipinski definition) is 1. The molecule has 1 rings (SSSR count). The highest BCUT2D eigenvalue weighted by Crippen LogP contribution is 2.23. The molecule has 0 fully saturated rings. The third kappa shape index (κ3) is 4.24. The predicted molar refractivity (Wildman–Crippen MR) is 62.5 cm³/mol. The van der Waals surface area contributed by atoms with Gasteiger partial charge in [-0.25, -0.2) is 0 Å². The van der Waals surface area contributed by atoms with E-state index in [1.54, 1.807) is 6.07 Å². The Labute approximate surface area is 91.9 Å². The maximum Gasteiger partial charge on any atom is 0.123 e. The van der Waals surface area contributed by atoms with Crippen LogP contribution in [0.4, 0.5) is 0 Å². The second-order valence-electron chi connectivity index (χ2n) is 3.73. The third-order valence-corrected chi connectivity index (χ3v) is 2.33. The maximum atomic E-state index is 9.50. The number of unbranched alkanes of at least 4 members (excludes halogenated alkanes) is 2. The van der Waals surface area contributed by atoms with Gasteiger partial charge in [-0.05, 0) is 37.5 Å². The zero-order chi connectivity index (χ0) is 11.1. The summed E-state index contributed by atoms with van der Waals surface area (Å²) in [7, 11) is 0. The molecule has 0 bridgehead atoms. The molecule has 1 N–H and O–H groups in total. The van der Waals surface area contributed by atoms with E-state index < -0.39 is 0 Å². The van der Waals surface area contributed by atoms with Gasteiger partial charge in [-0.1, -0.05) is 19.8 Å². The van der Waals surface area contributed by atoms with Gasteiger partial charge in [0.05, 0.1) is 6.61 Å². The van der Waals surface area contributed by atoms with Gasteiger partial charge in [-0.3, -0.25) is 0 Å². The first kappa shape index (κ1) is 11.9. The summed E-state index contributed by atoms with van der Waals surface area (Å²) in [6, 6.07) is 5.49.